The van der Waals surface area contributed by atoms with Crippen LogP contribution in [0.15, 0.2) is 136 Å². The summed E-state index contributed by atoms with van der Waals surface area (Å²) in [6.45, 7) is 3.68. The molecule has 4 aromatic carbocycles. The van der Waals surface area contributed by atoms with Gasteiger partial charge in [-0.3, -0.25) is 19.2 Å². The van der Waals surface area contributed by atoms with Crippen LogP contribution in [0, 0.1) is 17.5 Å². The van der Waals surface area contributed by atoms with Crippen LogP contribution >= 0.6 is 0 Å². The summed E-state index contributed by atoms with van der Waals surface area (Å²) in [6.07, 6.45) is -6.62. The second kappa shape index (κ2) is 27.5. The lowest BCUT2D eigenvalue weighted by Crippen LogP contribution is -2.49. The molecule has 8 aromatic rings. The molecule has 0 saturated carbocycles. The van der Waals surface area contributed by atoms with Crippen LogP contribution in [0.3, 0.4) is 0 Å². The van der Waals surface area contributed by atoms with Crippen LogP contribution < -0.4 is 30.2 Å². The number of nitrogens with one attached hydrogen (secondary N) is 2. The van der Waals surface area contributed by atoms with Crippen LogP contribution in [-0.2, 0) is 28.4 Å². The summed E-state index contributed by atoms with van der Waals surface area (Å²) in [6, 6.07) is 29.9. The van der Waals surface area contributed by atoms with Crippen molar-refractivity contribution in [2.75, 3.05) is 109 Å². The Hall–Kier alpha value is -9.99. The van der Waals surface area contributed by atoms with Crippen LogP contribution in [-0.4, -0.2) is 137 Å². The van der Waals surface area contributed by atoms with E-state index in [4.69, 9.17) is 8.83 Å². The Morgan fingerprint density at radius 2 is 1.01 bits per heavy atom. The maximum atomic E-state index is 15.4. The van der Waals surface area contributed by atoms with E-state index in [1.165, 1.54) is 35.5 Å². The molecule has 8 heterocycles. The molecule has 1 unspecified atom stereocenters. The van der Waals surface area contributed by atoms with E-state index in [1.54, 1.807) is 39.0 Å². The number of rotatable bonds is 15. The maximum absolute atomic E-state index is 15.4. The zero-order valence-corrected chi connectivity index (χ0v) is 50.9. The highest BCUT2D eigenvalue weighted by molar-refractivity contribution is 6.04. The molecule has 0 bridgehead atoms. The minimum Gasteiger partial charge on any atom is -0.417 e. The van der Waals surface area contributed by atoms with Gasteiger partial charge in [-0.15, -0.1) is 0 Å². The number of nitrogens with zero attached hydrogens (tertiary/aromatic N) is 10. The van der Waals surface area contributed by atoms with Crippen LogP contribution in [0.4, 0.5) is 74.6 Å². The first kappa shape index (κ1) is 65.1. The Balaban J connectivity index is 0.598. The standard InChI is InChI=1S/C67H63F9N12O7/c68-48-34-47(35-49(69)37-48)56(90)63(93)86-22-4-21-83(29-32-86)53-15-12-50(38-77-53)79-61(91)57-60(67(74,75)76)82-65(95-57)88-25-19-44(20-26-88)41-7-9-42(10-8-41)45-11-14-52(70)46(33-45)36-55(89)85-30-27-84(28-31-85)54-16-13-51(39-78-54)80-62(92)58-59(66(71,72)73)81-64(94-58)87-23-17-43(18-24-87)40-5-2-1-3-6-40/h1-3,5-16,33-35,37-39,43-44,56,90H,4,17-32,36H2,(H,79,91)(H,80,92). The number of anilines is 6. The third kappa shape index (κ3) is 15.0. The van der Waals surface area contributed by atoms with Gasteiger partial charge in [-0.05, 0) is 126 Å². The molecule has 12 rings (SSSR count). The highest BCUT2D eigenvalue weighted by Crippen LogP contribution is 2.40. The number of amides is 4. The first-order valence-corrected chi connectivity index (χ1v) is 30.9. The fourth-order valence-corrected chi connectivity index (χ4v) is 12.5. The number of aliphatic hydroxyl groups excluding tert-OH is 1. The minimum absolute atomic E-state index is 0.000769. The number of oxazole rings is 2. The van der Waals surface area contributed by atoms with E-state index in [-0.39, 0.29) is 91.4 Å². The van der Waals surface area contributed by atoms with Crippen molar-refractivity contribution in [3.05, 3.63) is 190 Å². The number of hydrogen-bond acceptors (Lipinski definition) is 15. The molecule has 3 N–H and O–H groups in total. The number of alkyl halides is 6. The van der Waals surface area contributed by atoms with Gasteiger partial charge in [0.15, 0.2) is 17.5 Å². The number of piperazine rings is 1. The number of aromatic nitrogens is 4. The summed E-state index contributed by atoms with van der Waals surface area (Å²) >= 11 is 0. The van der Waals surface area contributed by atoms with E-state index < -0.39 is 76.5 Å². The zero-order chi connectivity index (χ0) is 66.7. The van der Waals surface area contributed by atoms with Crippen molar-refractivity contribution < 1.29 is 72.6 Å². The number of benzene rings is 4. The Morgan fingerprint density at radius 1 is 0.526 bits per heavy atom. The number of piperidine rings is 2. The molecule has 4 aromatic heterocycles. The molecule has 28 heteroatoms. The molecule has 496 valence electrons. The maximum Gasteiger partial charge on any atom is 0.437 e. The molecule has 1 atom stereocenters. The second-order valence-electron chi connectivity index (χ2n) is 23.7. The van der Waals surface area contributed by atoms with Gasteiger partial charge in [-0.25, -0.2) is 23.1 Å². The van der Waals surface area contributed by atoms with Gasteiger partial charge < -0.3 is 54.0 Å². The summed E-state index contributed by atoms with van der Waals surface area (Å²) in [7, 11) is 0. The van der Waals surface area contributed by atoms with Gasteiger partial charge >= 0.3 is 12.4 Å². The highest BCUT2D eigenvalue weighted by atomic mass is 19.4. The third-order valence-corrected chi connectivity index (χ3v) is 17.6. The number of aliphatic hydroxyl groups is 1. The van der Waals surface area contributed by atoms with E-state index in [0.29, 0.717) is 101 Å². The largest absolute Gasteiger partial charge is 0.437 e. The third-order valence-electron chi connectivity index (χ3n) is 17.6. The zero-order valence-electron chi connectivity index (χ0n) is 50.9. The van der Waals surface area contributed by atoms with Crippen molar-refractivity contribution in [3.63, 3.8) is 0 Å². The Morgan fingerprint density at radius 3 is 1.51 bits per heavy atom. The fourth-order valence-electron chi connectivity index (χ4n) is 12.5. The van der Waals surface area contributed by atoms with Crippen molar-refractivity contribution in [1.29, 1.82) is 0 Å². The number of carbonyl (C=O) groups is 4. The normalized spacial score (nSPS) is 16.6. The molecule has 4 amide bonds. The average molecular weight is 1320 g/mol. The highest BCUT2D eigenvalue weighted by Gasteiger charge is 2.44. The average Bonchev–Trinajstić information content (AvgIpc) is 1.79. The Labute approximate surface area is 538 Å². The molecule has 4 fully saturated rings. The van der Waals surface area contributed by atoms with Crippen LogP contribution in [0.5, 0.6) is 0 Å². The smallest absolute Gasteiger partial charge is 0.417 e. The van der Waals surface area contributed by atoms with E-state index in [1.807, 2.05) is 64.4 Å². The molecule has 4 saturated heterocycles. The van der Waals surface area contributed by atoms with Crippen molar-refractivity contribution in [2.45, 2.75) is 68.8 Å². The molecule has 4 aliphatic rings. The lowest BCUT2D eigenvalue weighted by molar-refractivity contribution is -0.142. The second-order valence-corrected chi connectivity index (χ2v) is 23.7. The van der Waals surface area contributed by atoms with Crippen LogP contribution in [0.2, 0.25) is 0 Å². The van der Waals surface area contributed by atoms with Crippen molar-refractivity contribution >= 4 is 58.7 Å². The van der Waals surface area contributed by atoms with Gasteiger partial charge in [-0.1, -0.05) is 60.7 Å². The van der Waals surface area contributed by atoms with Gasteiger partial charge in [0.2, 0.25) is 17.4 Å². The van der Waals surface area contributed by atoms with Gasteiger partial charge in [-0.2, -0.15) is 36.3 Å². The lowest BCUT2D eigenvalue weighted by Gasteiger charge is -2.35. The summed E-state index contributed by atoms with van der Waals surface area (Å²) in [5, 5.41) is 15.5. The number of pyridine rings is 2. The first-order chi connectivity index (χ1) is 45.6. The fraction of sp³-hybridized carbons (Fsp3) is 0.343. The van der Waals surface area contributed by atoms with E-state index in [9.17, 15) is 59.4 Å². The van der Waals surface area contributed by atoms with Gasteiger partial charge in [0.25, 0.3) is 29.8 Å². The number of hydrogen-bond donors (Lipinski definition) is 3. The predicted octanol–water partition coefficient (Wildman–Crippen LogP) is 11.5. The van der Waals surface area contributed by atoms with E-state index in [0.717, 1.165) is 28.8 Å². The molecule has 95 heavy (non-hydrogen) atoms. The van der Waals surface area contributed by atoms with Crippen molar-refractivity contribution in [2.24, 2.45) is 0 Å². The van der Waals surface area contributed by atoms with Crippen molar-refractivity contribution in [3.8, 4) is 11.1 Å². The topological polar surface area (TPSA) is 210 Å². The molecule has 4 aliphatic heterocycles. The summed E-state index contributed by atoms with van der Waals surface area (Å²) in [5.74, 6) is -6.60. The molecular weight excluding hydrogens is 1260 g/mol. The van der Waals surface area contributed by atoms with Crippen LogP contribution in [0.25, 0.3) is 11.1 Å². The quantitative estimate of drug-likeness (QED) is 0.0815. The summed E-state index contributed by atoms with van der Waals surface area (Å²) in [4.78, 5) is 79.6. The molecule has 0 spiro atoms. The summed E-state index contributed by atoms with van der Waals surface area (Å²) < 4.78 is 140. The monoisotopic (exact) mass is 1320 g/mol. The van der Waals surface area contributed by atoms with Crippen LogP contribution in [0.1, 0.15) is 105 Å². The Bertz CT molecular complexity index is 4040. The number of halogens is 9. The first-order valence-electron chi connectivity index (χ1n) is 30.9. The van der Waals surface area contributed by atoms with E-state index in [2.05, 4.69) is 30.6 Å². The Kier molecular flexibility index (Phi) is 18.9. The molecular formula is C67H63F9N12O7. The SMILES string of the molecule is O=C(Nc1ccc(N2CCN(C(=O)Cc3cc(-c4ccc(C5CCN(c6nc(C(F)(F)F)c(C(=O)Nc7ccc(N8CCCN(C(=O)C(O)c9cc(F)cc(F)c9)CC8)nc7)o6)CC5)cc4)ccc3F)CC2)nc1)c1oc(N2CCC(c3ccccc3)CC2)nc1C(F)(F)F. The van der Waals surface area contributed by atoms with Gasteiger partial charge in [0, 0.05) is 84.6 Å². The molecule has 0 radical (unpaired) electrons. The summed E-state index contributed by atoms with van der Waals surface area (Å²) in [5.41, 5.74) is 0.781. The lowest BCUT2D eigenvalue weighted by atomic mass is 9.88. The minimum atomic E-state index is -5.04. The van der Waals surface area contributed by atoms with E-state index >= 15 is 4.39 Å². The molecule has 0 aliphatic carbocycles. The number of carbonyl (C=O) groups excluding carboxylic acids is 4. The predicted molar refractivity (Wildman–Crippen MR) is 331 cm³/mol. The van der Waals surface area contributed by atoms with Gasteiger partial charge in [0.1, 0.15) is 29.1 Å². The molecule has 19 nitrogen and oxygen atoms in total. The van der Waals surface area contributed by atoms with Crippen molar-refractivity contribution in [1.82, 2.24) is 29.7 Å². The van der Waals surface area contributed by atoms with Gasteiger partial charge in [0.05, 0.1) is 30.2 Å².